The van der Waals surface area contributed by atoms with Gasteiger partial charge in [-0.1, -0.05) is 18.3 Å². The number of rotatable bonds is 7. The van der Waals surface area contributed by atoms with E-state index in [0.717, 1.165) is 29.7 Å². The molecule has 198 valence electrons. The first-order valence-electron chi connectivity index (χ1n) is 11.2. The van der Waals surface area contributed by atoms with Crippen LogP contribution >= 0.6 is 11.3 Å². The van der Waals surface area contributed by atoms with E-state index in [9.17, 15) is 26.4 Å². The third-order valence-corrected chi connectivity index (χ3v) is 7.17. The zero-order valence-corrected chi connectivity index (χ0v) is 22.0. The van der Waals surface area contributed by atoms with Crippen molar-refractivity contribution >= 4 is 49.5 Å². The summed E-state index contributed by atoms with van der Waals surface area (Å²) in [5.41, 5.74) is -5.32. The molecule has 2 heterocycles. The van der Waals surface area contributed by atoms with Crippen LogP contribution in [0.2, 0.25) is 0 Å². The minimum atomic E-state index is -5.71. The number of halogens is 3. The molecular weight excluding hydrogens is 521 g/mol. The molecule has 1 atom stereocenters. The highest BCUT2D eigenvalue weighted by Crippen LogP contribution is 2.41. The van der Waals surface area contributed by atoms with E-state index in [2.05, 4.69) is 20.4 Å². The first-order valence-corrected chi connectivity index (χ1v) is 13.5. The van der Waals surface area contributed by atoms with Crippen LogP contribution in [0.3, 0.4) is 0 Å². The Kier molecular flexibility index (Phi) is 7.93. The predicted molar refractivity (Wildman–Crippen MR) is 130 cm³/mol. The quantitative estimate of drug-likeness (QED) is 0.346. The summed E-state index contributed by atoms with van der Waals surface area (Å²) in [7, 11) is -5.71. The maximum atomic E-state index is 13.1. The number of nitrogens with one attached hydrogen (secondary N) is 1. The van der Waals surface area contributed by atoms with Gasteiger partial charge in [-0.15, -0.1) is 20.4 Å². The molecule has 0 bridgehead atoms. The van der Waals surface area contributed by atoms with Crippen molar-refractivity contribution in [2.24, 2.45) is 10.2 Å². The van der Waals surface area contributed by atoms with E-state index in [1.165, 1.54) is 12.1 Å². The molecule has 0 saturated heterocycles. The fraction of sp³-hybridized carbons (Fsp3) is 0.571. The Morgan fingerprint density at radius 3 is 2.50 bits per heavy atom. The van der Waals surface area contributed by atoms with Crippen molar-refractivity contribution < 1.29 is 31.1 Å². The van der Waals surface area contributed by atoms with E-state index < -0.39 is 27.1 Å². The Labute approximate surface area is 211 Å². The van der Waals surface area contributed by atoms with E-state index in [-0.39, 0.29) is 27.6 Å². The molecular formula is C21H27F3N6O4S2. The number of alkyl halides is 3. The van der Waals surface area contributed by atoms with Gasteiger partial charge in [0.15, 0.2) is 0 Å². The molecule has 15 heteroatoms. The number of fused-ring (bicyclic) bond motifs is 1. The Morgan fingerprint density at radius 2 is 1.92 bits per heavy atom. The first-order chi connectivity index (χ1) is 16.6. The minimum absolute atomic E-state index is 0.0561. The summed E-state index contributed by atoms with van der Waals surface area (Å²) in [6, 6.07) is 3.04. The zero-order valence-electron chi connectivity index (χ0n) is 20.4. The van der Waals surface area contributed by atoms with E-state index in [4.69, 9.17) is 4.74 Å². The highest BCUT2D eigenvalue weighted by molar-refractivity contribution is 7.93. The second-order valence-electron chi connectivity index (χ2n) is 9.03. The lowest BCUT2D eigenvalue weighted by Crippen LogP contribution is -2.39. The molecule has 10 nitrogen and oxygen atoms in total. The van der Waals surface area contributed by atoms with Crippen molar-refractivity contribution in [3.8, 4) is 0 Å². The molecule has 1 aromatic carbocycles. The fourth-order valence-electron chi connectivity index (χ4n) is 3.74. The maximum Gasteiger partial charge on any atom is 0.516 e. The van der Waals surface area contributed by atoms with Gasteiger partial charge in [0.25, 0.3) is 5.13 Å². The number of hydrogen-bond acceptors (Lipinski definition) is 10. The predicted octanol–water partition coefficient (Wildman–Crippen LogP) is 5.72. The lowest BCUT2D eigenvalue weighted by molar-refractivity contribution is -0.0429. The van der Waals surface area contributed by atoms with Crippen LogP contribution in [0.4, 0.5) is 35.4 Å². The van der Waals surface area contributed by atoms with Crippen LogP contribution in [0.1, 0.15) is 62.8 Å². The van der Waals surface area contributed by atoms with Gasteiger partial charge >= 0.3 is 21.5 Å². The molecule has 1 aromatic heterocycles. The number of sulfonamides is 1. The number of ether oxygens (including phenoxy) is 1. The van der Waals surface area contributed by atoms with Crippen molar-refractivity contribution in [3.63, 3.8) is 0 Å². The molecule has 0 fully saturated rings. The van der Waals surface area contributed by atoms with Crippen LogP contribution in [-0.2, 0) is 21.2 Å². The summed E-state index contributed by atoms with van der Waals surface area (Å²) >= 11 is 0.776. The molecule has 0 amide bonds. The van der Waals surface area contributed by atoms with E-state index in [1.54, 1.807) is 25.5 Å². The minimum Gasteiger partial charge on any atom is -0.455 e. The number of aryl methyl sites for hydroxylation is 1. The molecule has 2 aromatic rings. The van der Waals surface area contributed by atoms with Gasteiger partial charge in [-0.2, -0.15) is 21.6 Å². The summed E-state index contributed by atoms with van der Waals surface area (Å²) in [4.78, 5) is 14.2. The van der Waals surface area contributed by atoms with Crippen molar-refractivity contribution in [3.05, 3.63) is 22.7 Å². The Balaban J connectivity index is 2.01. The third kappa shape index (κ3) is 6.30. The van der Waals surface area contributed by atoms with Crippen LogP contribution in [-0.4, -0.2) is 48.3 Å². The topological polar surface area (TPSA) is 126 Å². The molecule has 3 rings (SSSR count). The van der Waals surface area contributed by atoms with Crippen LogP contribution in [0.15, 0.2) is 22.4 Å². The summed E-state index contributed by atoms with van der Waals surface area (Å²) in [5, 5.41) is 15.2. The molecule has 0 spiro atoms. The van der Waals surface area contributed by atoms with Crippen LogP contribution in [0.25, 0.3) is 0 Å². The van der Waals surface area contributed by atoms with Gasteiger partial charge in [-0.05, 0) is 64.7 Å². The lowest BCUT2D eigenvalue weighted by atomic mass is 9.93. The molecule has 0 aliphatic carbocycles. The van der Waals surface area contributed by atoms with Gasteiger partial charge in [-0.25, -0.2) is 4.79 Å². The normalized spacial score (nSPS) is 16.8. The number of carbonyl (C=O) groups is 1. The summed E-state index contributed by atoms with van der Waals surface area (Å²) in [6.07, 6.45) is 2.30. The molecule has 1 aliphatic rings. The van der Waals surface area contributed by atoms with Gasteiger partial charge in [-0.3, -0.25) is 4.72 Å². The van der Waals surface area contributed by atoms with Crippen molar-refractivity contribution in [2.45, 2.75) is 71.0 Å². The Hall–Kier alpha value is -2.81. The summed E-state index contributed by atoms with van der Waals surface area (Å²) in [6.45, 7) is 9.60. The van der Waals surface area contributed by atoms with Gasteiger partial charge in [0.2, 0.25) is 5.01 Å². The smallest absolute Gasteiger partial charge is 0.455 e. The number of hydrogen-bond donors (Lipinski definition) is 1. The zero-order chi connectivity index (χ0) is 26.9. The second kappa shape index (κ2) is 10.3. The molecule has 0 saturated carbocycles. The first kappa shape index (κ1) is 27.8. The van der Waals surface area contributed by atoms with E-state index >= 15 is 0 Å². The average molecular weight is 549 g/mol. The number of carbonyl (C=O) groups excluding carboxylic acids is 1. The number of aromatic nitrogens is 2. The van der Waals surface area contributed by atoms with Gasteiger partial charge in [0.05, 0.1) is 5.69 Å². The molecule has 1 unspecified atom stereocenters. The van der Waals surface area contributed by atoms with Crippen molar-refractivity contribution in [2.75, 3.05) is 16.2 Å². The maximum absolute atomic E-state index is 13.1. The number of azo groups is 1. The standard InChI is InChI=1S/C21H27F3N6O4S2/c1-6-13-9-8-12-10-14(25-27-19-28-26-17(35-19)18(31)34-20(3,4)5)15(11-16(12)30(13)7-2)29-36(32,33)21(22,23)24/h10-11,13,29H,6-9H2,1-5H3. The molecule has 0 radical (unpaired) electrons. The third-order valence-electron chi connectivity index (χ3n) is 5.29. The Bertz CT molecular complexity index is 1260. The Morgan fingerprint density at radius 1 is 1.22 bits per heavy atom. The largest absolute Gasteiger partial charge is 0.516 e. The van der Waals surface area contributed by atoms with Gasteiger partial charge < -0.3 is 9.64 Å². The number of nitrogens with zero attached hydrogens (tertiary/aromatic N) is 5. The summed E-state index contributed by atoms with van der Waals surface area (Å²) < 4.78 is 69.9. The van der Waals surface area contributed by atoms with Crippen molar-refractivity contribution in [1.29, 1.82) is 0 Å². The van der Waals surface area contributed by atoms with Crippen molar-refractivity contribution in [1.82, 2.24) is 10.2 Å². The number of anilines is 2. The van der Waals surface area contributed by atoms with Crippen LogP contribution in [0, 0.1) is 0 Å². The lowest BCUT2D eigenvalue weighted by Gasteiger charge is -2.38. The number of benzene rings is 1. The highest BCUT2D eigenvalue weighted by Gasteiger charge is 2.46. The highest BCUT2D eigenvalue weighted by atomic mass is 32.2. The molecule has 1 N–H and O–H groups in total. The fourth-order valence-corrected chi connectivity index (χ4v) is 4.85. The van der Waals surface area contributed by atoms with E-state index in [0.29, 0.717) is 18.7 Å². The SMILES string of the molecule is CCC1CCc2cc(N=Nc3nnc(C(=O)OC(C)(C)C)s3)c(NS(=O)(=O)C(F)(F)F)cc2N1CC. The van der Waals surface area contributed by atoms with Gasteiger partial charge in [0, 0.05) is 18.3 Å². The monoisotopic (exact) mass is 548 g/mol. The van der Waals surface area contributed by atoms with E-state index in [1.807, 2.05) is 18.7 Å². The van der Waals surface area contributed by atoms with Gasteiger partial charge in [0.1, 0.15) is 11.3 Å². The van der Waals surface area contributed by atoms with Crippen LogP contribution < -0.4 is 9.62 Å². The summed E-state index contributed by atoms with van der Waals surface area (Å²) in [5.74, 6) is -0.709. The van der Waals surface area contributed by atoms with Crippen LogP contribution in [0.5, 0.6) is 0 Å². The molecule has 1 aliphatic heterocycles. The molecule has 36 heavy (non-hydrogen) atoms. The number of esters is 1. The second-order valence-corrected chi connectivity index (χ2v) is 11.7. The average Bonchev–Trinajstić information content (AvgIpc) is 3.24.